The SMILES string of the molecule is CCCCC/C=C\C/C=C\C/C=C\CCCCCCCCCOCC(COC1OC(CO)C(O)C(O)C1O)OC(=O)CCCCCCCCCCCCCCCCCCCCCCCCCC. The number of carbonyl (C=O) groups is 1. The first-order valence-corrected chi connectivity index (χ1v) is 28.6. The predicted molar refractivity (Wildman–Crippen MR) is 279 cm³/mol. The van der Waals surface area contributed by atoms with E-state index in [0.29, 0.717) is 13.0 Å². The monoisotopic (exact) mass is 949 g/mol. The van der Waals surface area contributed by atoms with E-state index in [4.69, 9.17) is 18.9 Å². The van der Waals surface area contributed by atoms with Gasteiger partial charge in [-0.3, -0.25) is 4.79 Å². The fraction of sp³-hybridized carbons (Fsp3) is 0.879. The highest BCUT2D eigenvalue weighted by Gasteiger charge is 2.44. The Kier molecular flexibility index (Phi) is 46.8. The number of hydrogen-bond donors (Lipinski definition) is 4. The largest absolute Gasteiger partial charge is 0.457 e. The third-order valence-electron chi connectivity index (χ3n) is 13.3. The van der Waals surface area contributed by atoms with Crippen molar-refractivity contribution in [1.82, 2.24) is 0 Å². The summed E-state index contributed by atoms with van der Waals surface area (Å²) in [7, 11) is 0. The summed E-state index contributed by atoms with van der Waals surface area (Å²) in [4.78, 5) is 12.9. The fourth-order valence-electron chi connectivity index (χ4n) is 8.85. The van der Waals surface area contributed by atoms with Crippen molar-refractivity contribution in [3.05, 3.63) is 36.5 Å². The van der Waals surface area contributed by atoms with E-state index >= 15 is 0 Å². The number of rotatable bonds is 50. The highest BCUT2D eigenvalue weighted by molar-refractivity contribution is 5.69. The maximum absolute atomic E-state index is 12.9. The summed E-state index contributed by atoms with van der Waals surface area (Å²) in [5.41, 5.74) is 0. The maximum atomic E-state index is 12.9. The van der Waals surface area contributed by atoms with Gasteiger partial charge in [0.2, 0.25) is 0 Å². The molecular formula is C58H108O9. The van der Waals surface area contributed by atoms with Crippen LogP contribution in [-0.2, 0) is 23.7 Å². The summed E-state index contributed by atoms with van der Waals surface area (Å²) in [6.45, 7) is 4.56. The van der Waals surface area contributed by atoms with Crippen LogP contribution in [-0.4, -0.2) is 89.6 Å². The van der Waals surface area contributed by atoms with Crippen LogP contribution in [0.4, 0.5) is 0 Å². The minimum absolute atomic E-state index is 0.114. The van der Waals surface area contributed by atoms with Crippen molar-refractivity contribution in [3.63, 3.8) is 0 Å². The molecule has 394 valence electrons. The standard InChI is InChI=1S/C58H108O9/c1-3-5-7-9-11-13-15-17-19-21-23-25-26-27-28-29-31-33-35-37-39-41-43-45-47-54(60)66-52(51-65-58-57(63)56(62)55(61)53(49-59)67-58)50-64-48-46-44-42-40-38-36-34-32-30-24-22-20-18-16-14-12-10-8-6-4-2/h12,14,18,20,24,30,52-53,55-59,61-63H,3-11,13,15-17,19,21-23,25-29,31-51H2,1-2H3/b14-12-,20-18-,30-24-. The molecular weight excluding hydrogens is 841 g/mol. The maximum Gasteiger partial charge on any atom is 0.306 e. The van der Waals surface area contributed by atoms with Gasteiger partial charge in [0.25, 0.3) is 0 Å². The second-order valence-electron chi connectivity index (χ2n) is 19.7. The summed E-state index contributed by atoms with van der Waals surface area (Å²) in [5.74, 6) is -0.311. The molecule has 1 fully saturated rings. The van der Waals surface area contributed by atoms with Gasteiger partial charge in [-0.05, 0) is 51.4 Å². The lowest BCUT2D eigenvalue weighted by Crippen LogP contribution is -2.59. The zero-order chi connectivity index (χ0) is 48.5. The minimum Gasteiger partial charge on any atom is -0.457 e. The molecule has 0 spiro atoms. The lowest BCUT2D eigenvalue weighted by Gasteiger charge is -2.39. The molecule has 9 heteroatoms. The molecule has 4 N–H and O–H groups in total. The van der Waals surface area contributed by atoms with E-state index in [1.54, 1.807) is 0 Å². The molecule has 0 radical (unpaired) electrons. The van der Waals surface area contributed by atoms with Gasteiger partial charge in [-0.15, -0.1) is 0 Å². The Bertz CT molecular complexity index is 1130. The molecule has 0 aromatic rings. The Hall–Kier alpha value is -1.59. The summed E-state index contributed by atoms with van der Waals surface area (Å²) in [5, 5.41) is 40.3. The van der Waals surface area contributed by atoms with Crippen LogP contribution in [0.15, 0.2) is 36.5 Å². The molecule has 1 rings (SSSR count). The molecule has 1 saturated heterocycles. The van der Waals surface area contributed by atoms with Gasteiger partial charge in [-0.1, -0.05) is 243 Å². The number of hydrogen-bond acceptors (Lipinski definition) is 9. The van der Waals surface area contributed by atoms with E-state index < -0.39 is 43.4 Å². The normalized spacial score (nSPS) is 19.4. The number of allylic oxidation sites excluding steroid dienone is 6. The molecule has 0 aliphatic carbocycles. The van der Waals surface area contributed by atoms with Gasteiger partial charge < -0.3 is 39.4 Å². The average Bonchev–Trinajstić information content (AvgIpc) is 3.33. The van der Waals surface area contributed by atoms with Crippen LogP contribution < -0.4 is 0 Å². The van der Waals surface area contributed by atoms with Gasteiger partial charge in [0.05, 0.1) is 19.8 Å². The van der Waals surface area contributed by atoms with Gasteiger partial charge in [-0.2, -0.15) is 0 Å². The van der Waals surface area contributed by atoms with Crippen LogP contribution in [0.3, 0.4) is 0 Å². The number of aliphatic hydroxyl groups is 4. The van der Waals surface area contributed by atoms with Crippen LogP contribution in [0.2, 0.25) is 0 Å². The molecule has 6 atom stereocenters. The van der Waals surface area contributed by atoms with E-state index in [9.17, 15) is 25.2 Å². The molecule has 6 unspecified atom stereocenters. The van der Waals surface area contributed by atoms with Gasteiger partial charge >= 0.3 is 5.97 Å². The van der Waals surface area contributed by atoms with Crippen molar-refractivity contribution in [2.45, 2.75) is 301 Å². The van der Waals surface area contributed by atoms with Crippen molar-refractivity contribution in [2.75, 3.05) is 26.4 Å². The van der Waals surface area contributed by atoms with Gasteiger partial charge in [0.1, 0.15) is 30.5 Å². The smallest absolute Gasteiger partial charge is 0.306 e. The van der Waals surface area contributed by atoms with E-state index in [1.165, 1.54) is 186 Å². The van der Waals surface area contributed by atoms with Crippen molar-refractivity contribution < 1.29 is 44.2 Å². The fourth-order valence-corrected chi connectivity index (χ4v) is 8.85. The predicted octanol–water partition coefficient (Wildman–Crippen LogP) is 14.7. The Morgan fingerprint density at radius 2 is 0.866 bits per heavy atom. The van der Waals surface area contributed by atoms with Crippen LogP contribution in [0.1, 0.15) is 264 Å². The number of ether oxygens (including phenoxy) is 4. The molecule has 0 aromatic heterocycles. The number of unbranched alkanes of at least 4 members (excludes halogenated alkanes) is 33. The molecule has 67 heavy (non-hydrogen) atoms. The topological polar surface area (TPSA) is 135 Å². The summed E-state index contributed by atoms with van der Waals surface area (Å²) >= 11 is 0. The number of aliphatic hydroxyl groups excluding tert-OH is 4. The Morgan fingerprint density at radius 3 is 1.33 bits per heavy atom. The van der Waals surface area contributed by atoms with Crippen molar-refractivity contribution in [2.24, 2.45) is 0 Å². The van der Waals surface area contributed by atoms with E-state index in [1.807, 2.05) is 0 Å². The Morgan fingerprint density at radius 1 is 0.478 bits per heavy atom. The van der Waals surface area contributed by atoms with Gasteiger partial charge in [0.15, 0.2) is 6.29 Å². The van der Waals surface area contributed by atoms with Crippen LogP contribution >= 0.6 is 0 Å². The molecule has 1 heterocycles. The van der Waals surface area contributed by atoms with Crippen LogP contribution in [0, 0.1) is 0 Å². The van der Waals surface area contributed by atoms with Crippen molar-refractivity contribution >= 4 is 5.97 Å². The average molecular weight is 949 g/mol. The second-order valence-corrected chi connectivity index (χ2v) is 19.7. The summed E-state index contributed by atoms with van der Waals surface area (Å²) in [6, 6.07) is 0. The first kappa shape index (κ1) is 63.4. The first-order chi connectivity index (χ1) is 32.9. The Balaban J connectivity index is 2.15. The molecule has 0 aromatic carbocycles. The van der Waals surface area contributed by atoms with E-state index in [2.05, 4.69) is 50.3 Å². The first-order valence-electron chi connectivity index (χ1n) is 28.6. The van der Waals surface area contributed by atoms with E-state index in [0.717, 1.165) is 57.8 Å². The zero-order valence-electron chi connectivity index (χ0n) is 43.7. The highest BCUT2D eigenvalue weighted by Crippen LogP contribution is 2.23. The molecule has 0 saturated carbocycles. The molecule has 0 amide bonds. The lowest BCUT2D eigenvalue weighted by atomic mass is 9.99. The number of carbonyl (C=O) groups excluding carboxylic acids is 1. The number of esters is 1. The zero-order valence-corrected chi connectivity index (χ0v) is 43.7. The summed E-state index contributed by atoms with van der Waals surface area (Å²) < 4.78 is 23.0. The molecule has 1 aliphatic rings. The third kappa shape index (κ3) is 39.8. The quantitative estimate of drug-likeness (QED) is 0.0267. The van der Waals surface area contributed by atoms with Crippen molar-refractivity contribution in [3.8, 4) is 0 Å². The minimum atomic E-state index is -1.54. The highest BCUT2D eigenvalue weighted by atomic mass is 16.7. The van der Waals surface area contributed by atoms with E-state index in [-0.39, 0.29) is 19.2 Å². The molecule has 9 nitrogen and oxygen atoms in total. The van der Waals surface area contributed by atoms with Gasteiger partial charge in [-0.25, -0.2) is 0 Å². The summed E-state index contributed by atoms with van der Waals surface area (Å²) in [6.07, 6.45) is 54.7. The third-order valence-corrected chi connectivity index (χ3v) is 13.3. The second kappa shape index (κ2) is 49.4. The van der Waals surface area contributed by atoms with Crippen LogP contribution in [0.25, 0.3) is 0 Å². The Labute approximate surface area is 412 Å². The molecule has 1 aliphatic heterocycles. The van der Waals surface area contributed by atoms with Gasteiger partial charge in [0, 0.05) is 13.0 Å². The van der Waals surface area contributed by atoms with Crippen molar-refractivity contribution in [1.29, 1.82) is 0 Å². The lowest BCUT2D eigenvalue weighted by molar-refractivity contribution is -0.305. The molecule has 0 bridgehead atoms. The van der Waals surface area contributed by atoms with Crippen LogP contribution in [0.5, 0.6) is 0 Å².